The fourth-order valence-corrected chi connectivity index (χ4v) is 3.95. The van der Waals surface area contributed by atoms with E-state index in [-0.39, 0.29) is 30.2 Å². The van der Waals surface area contributed by atoms with E-state index in [2.05, 4.69) is 10.3 Å². The molecule has 1 saturated carbocycles. The summed E-state index contributed by atoms with van der Waals surface area (Å²) in [5.74, 6) is -0.395. The lowest BCUT2D eigenvalue weighted by Crippen LogP contribution is -2.15. The number of fused-ring (bicyclic) bond motifs is 1. The van der Waals surface area contributed by atoms with Crippen LogP contribution >= 0.6 is 11.3 Å². The van der Waals surface area contributed by atoms with Gasteiger partial charge in [-0.1, -0.05) is 29.5 Å². The van der Waals surface area contributed by atoms with Crippen LogP contribution in [-0.4, -0.2) is 22.6 Å². The number of anilines is 1. The van der Waals surface area contributed by atoms with Crippen molar-refractivity contribution in [2.45, 2.75) is 13.3 Å². The van der Waals surface area contributed by atoms with Crippen LogP contribution in [0.1, 0.15) is 12.0 Å². The lowest BCUT2D eigenvalue weighted by molar-refractivity contribution is -0.117. The molecule has 0 radical (unpaired) electrons. The molecule has 0 saturated heterocycles. The van der Waals surface area contributed by atoms with Crippen molar-refractivity contribution in [1.82, 2.24) is 4.98 Å². The number of hydrogen-bond donors (Lipinski definition) is 2. The normalized spacial score (nSPS) is 19.2. The lowest BCUT2D eigenvalue weighted by Gasteiger charge is -2.07. The highest BCUT2D eigenvalue weighted by Gasteiger charge is 2.42. The second-order valence-electron chi connectivity index (χ2n) is 6.41. The van der Waals surface area contributed by atoms with Crippen molar-refractivity contribution in [3.05, 3.63) is 47.8 Å². The molecule has 1 aromatic heterocycles. The highest BCUT2D eigenvalue weighted by atomic mass is 32.1. The minimum atomic E-state index is -0.258. The molecule has 0 spiro atoms. The van der Waals surface area contributed by atoms with Crippen LogP contribution in [0.5, 0.6) is 0 Å². The Morgan fingerprint density at radius 3 is 2.96 bits per heavy atom. The van der Waals surface area contributed by atoms with Gasteiger partial charge in [0.05, 0.1) is 10.2 Å². The van der Waals surface area contributed by atoms with Crippen LogP contribution in [0.25, 0.3) is 21.3 Å². The summed E-state index contributed by atoms with van der Waals surface area (Å²) in [5, 5.41) is 12.4. The number of aliphatic hydroxyl groups excluding tert-OH is 1. The SMILES string of the molecule is Cc1cccc(F)c1-c1ccc2sc(NC(=O)[C@H]3C[C@H]3CO)nc2c1. The predicted octanol–water partition coefficient (Wildman–Crippen LogP) is 3.98. The van der Waals surface area contributed by atoms with Crippen molar-refractivity contribution in [1.29, 1.82) is 0 Å². The van der Waals surface area contributed by atoms with Gasteiger partial charge in [-0.15, -0.1) is 0 Å². The molecule has 4 nitrogen and oxygen atoms in total. The number of nitrogens with zero attached hydrogens (tertiary/aromatic N) is 1. The molecule has 0 aliphatic heterocycles. The van der Waals surface area contributed by atoms with Crippen molar-refractivity contribution in [2.24, 2.45) is 11.8 Å². The van der Waals surface area contributed by atoms with Crippen molar-refractivity contribution in [2.75, 3.05) is 11.9 Å². The first-order chi connectivity index (χ1) is 12.1. The minimum absolute atomic E-state index is 0.0449. The van der Waals surface area contributed by atoms with Gasteiger partial charge in [-0.05, 0) is 48.6 Å². The van der Waals surface area contributed by atoms with Gasteiger partial charge >= 0.3 is 0 Å². The predicted molar refractivity (Wildman–Crippen MR) is 97.1 cm³/mol. The van der Waals surface area contributed by atoms with Crippen LogP contribution in [0.4, 0.5) is 9.52 Å². The van der Waals surface area contributed by atoms with Gasteiger partial charge in [0.1, 0.15) is 5.82 Å². The molecule has 1 fully saturated rings. The Morgan fingerprint density at radius 1 is 1.40 bits per heavy atom. The monoisotopic (exact) mass is 356 g/mol. The quantitative estimate of drug-likeness (QED) is 0.743. The van der Waals surface area contributed by atoms with E-state index in [9.17, 15) is 9.18 Å². The van der Waals surface area contributed by atoms with Crippen LogP contribution in [0.3, 0.4) is 0 Å². The molecule has 0 bridgehead atoms. The Labute approximate surface area is 148 Å². The van der Waals surface area contributed by atoms with Crippen LogP contribution in [0, 0.1) is 24.6 Å². The van der Waals surface area contributed by atoms with Crippen molar-refractivity contribution in [3.8, 4) is 11.1 Å². The van der Waals surface area contributed by atoms with Gasteiger partial charge in [-0.2, -0.15) is 0 Å². The third-order valence-corrected chi connectivity index (χ3v) is 5.57. The first kappa shape index (κ1) is 16.2. The second kappa shape index (κ2) is 6.20. The van der Waals surface area contributed by atoms with E-state index in [1.165, 1.54) is 17.4 Å². The maximum absolute atomic E-state index is 14.2. The fraction of sp³-hybridized carbons (Fsp3) is 0.263. The highest BCUT2D eigenvalue weighted by Crippen LogP contribution is 2.39. The number of aryl methyl sites for hydroxylation is 1. The van der Waals surface area contributed by atoms with E-state index in [4.69, 9.17) is 5.11 Å². The van der Waals surface area contributed by atoms with E-state index >= 15 is 0 Å². The van der Waals surface area contributed by atoms with Crippen LogP contribution in [0.2, 0.25) is 0 Å². The Hall–Kier alpha value is -2.31. The number of carbonyl (C=O) groups is 1. The highest BCUT2D eigenvalue weighted by molar-refractivity contribution is 7.22. The van der Waals surface area contributed by atoms with Gasteiger partial charge in [0.15, 0.2) is 5.13 Å². The zero-order valence-corrected chi connectivity index (χ0v) is 14.4. The molecular formula is C19H17FN2O2S. The summed E-state index contributed by atoms with van der Waals surface area (Å²) in [6.45, 7) is 1.92. The number of benzene rings is 2. The molecule has 4 rings (SSSR count). The number of aliphatic hydroxyl groups is 1. The number of nitrogens with one attached hydrogen (secondary N) is 1. The van der Waals surface area contributed by atoms with Crippen LogP contribution in [-0.2, 0) is 4.79 Å². The van der Waals surface area contributed by atoms with E-state index < -0.39 is 0 Å². The first-order valence-electron chi connectivity index (χ1n) is 8.14. The topological polar surface area (TPSA) is 62.2 Å². The molecule has 1 heterocycles. The number of carbonyl (C=O) groups excluding carboxylic acids is 1. The molecule has 128 valence electrons. The molecule has 25 heavy (non-hydrogen) atoms. The summed E-state index contributed by atoms with van der Waals surface area (Å²) in [4.78, 5) is 16.6. The summed E-state index contributed by atoms with van der Waals surface area (Å²) >= 11 is 1.39. The number of aromatic nitrogens is 1. The summed E-state index contributed by atoms with van der Waals surface area (Å²) in [6, 6.07) is 10.6. The number of hydrogen-bond acceptors (Lipinski definition) is 4. The van der Waals surface area contributed by atoms with Gasteiger partial charge in [0.2, 0.25) is 5.91 Å². The molecule has 0 unspecified atom stereocenters. The van der Waals surface area contributed by atoms with E-state index in [0.29, 0.717) is 10.7 Å². The molecule has 2 N–H and O–H groups in total. The second-order valence-corrected chi connectivity index (χ2v) is 7.44. The molecule has 1 aliphatic rings. The zero-order chi connectivity index (χ0) is 17.6. The van der Waals surface area contributed by atoms with E-state index in [0.717, 1.165) is 27.8 Å². The van der Waals surface area contributed by atoms with Gasteiger partial charge in [-0.25, -0.2) is 9.37 Å². The molecule has 6 heteroatoms. The Kier molecular flexibility index (Phi) is 4.01. The molecule has 1 amide bonds. The van der Waals surface area contributed by atoms with Crippen LogP contribution < -0.4 is 5.32 Å². The maximum atomic E-state index is 14.2. The summed E-state index contributed by atoms with van der Waals surface area (Å²) in [7, 11) is 0. The Balaban J connectivity index is 1.63. The summed E-state index contributed by atoms with van der Waals surface area (Å²) in [6.07, 6.45) is 0.726. The van der Waals surface area contributed by atoms with Crippen molar-refractivity contribution < 1.29 is 14.3 Å². The average molecular weight is 356 g/mol. The largest absolute Gasteiger partial charge is 0.396 e. The number of amides is 1. The first-order valence-corrected chi connectivity index (χ1v) is 8.96. The smallest absolute Gasteiger partial charge is 0.229 e. The Morgan fingerprint density at radius 2 is 2.24 bits per heavy atom. The maximum Gasteiger partial charge on any atom is 0.229 e. The van der Waals surface area contributed by atoms with Gasteiger partial charge in [-0.3, -0.25) is 4.79 Å². The van der Waals surface area contributed by atoms with Gasteiger partial charge in [0.25, 0.3) is 0 Å². The van der Waals surface area contributed by atoms with Crippen LogP contribution in [0.15, 0.2) is 36.4 Å². The van der Waals surface area contributed by atoms with E-state index in [1.54, 1.807) is 6.07 Å². The number of halogens is 1. The molecule has 2 atom stereocenters. The zero-order valence-electron chi connectivity index (χ0n) is 13.6. The third kappa shape index (κ3) is 3.03. The number of rotatable bonds is 4. The van der Waals surface area contributed by atoms with Crippen molar-refractivity contribution >= 4 is 32.6 Å². The van der Waals surface area contributed by atoms with Gasteiger partial charge in [0, 0.05) is 18.1 Å². The minimum Gasteiger partial charge on any atom is -0.396 e. The Bertz CT molecular complexity index is 949. The third-order valence-electron chi connectivity index (χ3n) is 4.62. The average Bonchev–Trinajstić information content (AvgIpc) is 3.27. The molecule has 2 aromatic carbocycles. The van der Waals surface area contributed by atoms with Crippen molar-refractivity contribution in [3.63, 3.8) is 0 Å². The summed E-state index contributed by atoms with van der Waals surface area (Å²) < 4.78 is 15.1. The lowest BCUT2D eigenvalue weighted by atomic mass is 10.00. The standard InChI is InChI=1S/C19H17FN2O2S/c1-10-3-2-4-14(20)17(10)11-5-6-16-15(8-11)21-19(25-16)22-18(24)13-7-12(13)9-23/h2-6,8,12-13,23H,7,9H2,1H3,(H,21,22,24)/t12-,13-/m0/s1. The summed E-state index contributed by atoms with van der Waals surface area (Å²) in [5.41, 5.74) is 2.95. The number of thiazole rings is 1. The fourth-order valence-electron chi connectivity index (χ4n) is 3.10. The van der Waals surface area contributed by atoms with E-state index in [1.807, 2.05) is 31.2 Å². The molecule has 1 aliphatic carbocycles. The molecule has 3 aromatic rings. The van der Waals surface area contributed by atoms with Gasteiger partial charge < -0.3 is 10.4 Å². The molecular weight excluding hydrogens is 339 g/mol.